The van der Waals surface area contributed by atoms with Gasteiger partial charge in [0.15, 0.2) is 0 Å². The van der Waals surface area contributed by atoms with Gasteiger partial charge in [0.25, 0.3) is 0 Å². The van der Waals surface area contributed by atoms with Crippen molar-refractivity contribution in [2.45, 2.75) is 19.5 Å². The van der Waals surface area contributed by atoms with Gasteiger partial charge in [0.2, 0.25) is 5.88 Å². The van der Waals surface area contributed by atoms with Gasteiger partial charge >= 0.3 is 12.1 Å². The van der Waals surface area contributed by atoms with Crippen LogP contribution in [0.5, 0.6) is 5.88 Å². The lowest BCUT2D eigenvalue weighted by Gasteiger charge is -2.10. The number of pyridine rings is 1. The minimum absolute atomic E-state index is 0.106. The van der Waals surface area contributed by atoms with Crippen molar-refractivity contribution in [2.75, 3.05) is 6.61 Å². The predicted octanol–water partition coefficient (Wildman–Crippen LogP) is 2.59. The average Bonchev–Trinajstić information content (AvgIpc) is 2.24. The van der Waals surface area contributed by atoms with Gasteiger partial charge in [0.05, 0.1) is 6.61 Å². The van der Waals surface area contributed by atoms with Crippen LogP contribution in [0.4, 0.5) is 13.2 Å². The number of aromatic carboxylic acids is 1. The summed E-state index contributed by atoms with van der Waals surface area (Å²) in [5.41, 5.74) is -1.56. The number of hydrogen-bond acceptors (Lipinski definition) is 3. The van der Waals surface area contributed by atoms with Gasteiger partial charge in [-0.1, -0.05) is 6.92 Å². The third-order valence-electron chi connectivity index (χ3n) is 1.82. The quantitative estimate of drug-likeness (QED) is 0.890. The Hall–Kier alpha value is -1.79. The van der Waals surface area contributed by atoms with Gasteiger partial charge in [-0.15, -0.1) is 0 Å². The number of carbonyl (C=O) groups is 1. The van der Waals surface area contributed by atoms with Crippen LogP contribution in [0.1, 0.15) is 29.4 Å². The second-order valence-corrected chi connectivity index (χ2v) is 3.20. The maximum absolute atomic E-state index is 12.4. The van der Waals surface area contributed by atoms with Crippen LogP contribution in [0.3, 0.4) is 0 Å². The van der Waals surface area contributed by atoms with Crippen LogP contribution in [0.15, 0.2) is 12.1 Å². The van der Waals surface area contributed by atoms with Crippen molar-refractivity contribution in [1.29, 1.82) is 0 Å². The molecule has 94 valence electrons. The van der Waals surface area contributed by atoms with E-state index in [-0.39, 0.29) is 12.2 Å². The molecular weight excluding hydrogens is 239 g/mol. The highest BCUT2D eigenvalue weighted by atomic mass is 19.4. The van der Waals surface area contributed by atoms with Crippen molar-refractivity contribution in [3.8, 4) is 5.88 Å². The molecule has 1 aromatic heterocycles. The summed E-state index contributed by atoms with van der Waals surface area (Å²) in [5, 5.41) is 8.76. The van der Waals surface area contributed by atoms with Gasteiger partial charge in [0, 0.05) is 0 Å². The molecule has 1 N–H and O–H groups in total. The average molecular weight is 249 g/mol. The first-order chi connectivity index (χ1) is 7.86. The smallest absolute Gasteiger partial charge is 0.433 e. The summed E-state index contributed by atoms with van der Waals surface area (Å²) in [6.07, 6.45) is -4.08. The Balaban J connectivity index is 3.14. The van der Waals surface area contributed by atoms with E-state index in [0.717, 1.165) is 6.07 Å². The first-order valence-electron chi connectivity index (χ1n) is 4.80. The van der Waals surface area contributed by atoms with Gasteiger partial charge in [0.1, 0.15) is 11.3 Å². The summed E-state index contributed by atoms with van der Waals surface area (Å²) in [6, 6.07) is 1.45. The molecule has 7 heteroatoms. The van der Waals surface area contributed by atoms with E-state index in [1.165, 1.54) is 0 Å². The molecule has 0 spiro atoms. The molecule has 0 saturated heterocycles. The minimum atomic E-state index is -4.62. The van der Waals surface area contributed by atoms with Crippen molar-refractivity contribution in [1.82, 2.24) is 4.98 Å². The summed E-state index contributed by atoms with van der Waals surface area (Å²) in [7, 11) is 0. The third kappa shape index (κ3) is 3.33. The molecular formula is C10H10F3NO3. The molecule has 0 unspecified atom stereocenters. The van der Waals surface area contributed by atoms with E-state index in [1.807, 2.05) is 0 Å². The molecule has 0 bridgehead atoms. The fourth-order valence-electron chi connectivity index (χ4n) is 1.07. The molecule has 1 rings (SSSR count). The van der Waals surface area contributed by atoms with Gasteiger partial charge in [-0.25, -0.2) is 9.78 Å². The number of nitrogens with zero attached hydrogens (tertiary/aromatic N) is 1. The molecule has 0 amide bonds. The zero-order chi connectivity index (χ0) is 13.1. The highest BCUT2D eigenvalue weighted by Gasteiger charge is 2.33. The lowest BCUT2D eigenvalue weighted by atomic mass is 10.2. The Bertz CT molecular complexity index is 418. The monoisotopic (exact) mass is 249 g/mol. The van der Waals surface area contributed by atoms with E-state index < -0.39 is 23.7 Å². The number of ether oxygens (including phenoxy) is 1. The molecule has 1 heterocycles. The number of alkyl halides is 3. The molecule has 0 aromatic carbocycles. The summed E-state index contributed by atoms with van der Waals surface area (Å²) in [4.78, 5) is 13.9. The van der Waals surface area contributed by atoms with E-state index in [4.69, 9.17) is 9.84 Å². The molecule has 1 aromatic rings. The maximum atomic E-state index is 12.4. The molecule has 0 fully saturated rings. The Kier molecular flexibility index (Phi) is 3.93. The van der Waals surface area contributed by atoms with Gasteiger partial charge in [-0.3, -0.25) is 0 Å². The van der Waals surface area contributed by atoms with Crippen molar-refractivity contribution in [3.05, 3.63) is 23.4 Å². The summed E-state index contributed by atoms with van der Waals surface area (Å²) >= 11 is 0. The summed E-state index contributed by atoms with van der Waals surface area (Å²) in [6.45, 7) is 1.85. The van der Waals surface area contributed by atoms with Crippen LogP contribution in [0.2, 0.25) is 0 Å². The fourth-order valence-corrected chi connectivity index (χ4v) is 1.07. The van der Waals surface area contributed by atoms with E-state index >= 15 is 0 Å². The summed E-state index contributed by atoms with van der Waals surface area (Å²) in [5.74, 6) is -1.88. The third-order valence-corrected chi connectivity index (χ3v) is 1.82. The molecule has 0 saturated carbocycles. The predicted molar refractivity (Wildman–Crippen MR) is 52.0 cm³/mol. The Morgan fingerprint density at radius 1 is 1.47 bits per heavy atom. The van der Waals surface area contributed by atoms with Crippen LogP contribution in [0.25, 0.3) is 0 Å². The van der Waals surface area contributed by atoms with Gasteiger partial charge < -0.3 is 9.84 Å². The van der Waals surface area contributed by atoms with Gasteiger partial charge in [-0.05, 0) is 18.6 Å². The van der Waals surface area contributed by atoms with Crippen LogP contribution in [-0.2, 0) is 6.18 Å². The van der Waals surface area contributed by atoms with Crippen LogP contribution < -0.4 is 4.74 Å². The highest BCUT2D eigenvalue weighted by molar-refractivity contribution is 5.90. The van der Waals surface area contributed by atoms with Crippen LogP contribution in [-0.4, -0.2) is 22.7 Å². The SMILES string of the molecule is CCCOc1nc(C(F)(F)F)ccc1C(=O)O. The normalized spacial score (nSPS) is 11.3. The Morgan fingerprint density at radius 3 is 2.59 bits per heavy atom. The number of carboxylic acids is 1. The lowest BCUT2D eigenvalue weighted by molar-refractivity contribution is -0.141. The summed E-state index contributed by atoms with van der Waals surface area (Å²) < 4.78 is 42.0. The van der Waals surface area contributed by atoms with Crippen LogP contribution >= 0.6 is 0 Å². The Labute approximate surface area is 95.0 Å². The van der Waals surface area contributed by atoms with Crippen molar-refractivity contribution >= 4 is 5.97 Å². The molecule has 0 radical (unpaired) electrons. The van der Waals surface area contributed by atoms with Crippen molar-refractivity contribution in [2.24, 2.45) is 0 Å². The second-order valence-electron chi connectivity index (χ2n) is 3.20. The first-order valence-corrected chi connectivity index (χ1v) is 4.80. The van der Waals surface area contributed by atoms with E-state index in [2.05, 4.69) is 4.98 Å². The number of rotatable bonds is 4. The topological polar surface area (TPSA) is 59.4 Å². The molecule has 4 nitrogen and oxygen atoms in total. The number of halogens is 3. The highest BCUT2D eigenvalue weighted by Crippen LogP contribution is 2.30. The molecule has 0 atom stereocenters. The van der Waals surface area contributed by atoms with Crippen LogP contribution in [0, 0.1) is 0 Å². The Morgan fingerprint density at radius 2 is 2.12 bits per heavy atom. The number of aromatic nitrogens is 1. The first kappa shape index (κ1) is 13.3. The zero-order valence-electron chi connectivity index (χ0n) is 8.91. The second kappa shape index (κ2) is 5.03. The van der Waals surface area contributed by atoms with E-state index in [0.29, 0.717) is 12.5 Å². The van der Waals surface area contributed by atoms with E-state index in [1.54, 1.807) is 6.92 Å². The molecule has 0 aliphatic carbocycles. The van der Waals surface area contributed by atoms with Gasteiger partial charge in [-0.2, -0.15) is 13.2 Å². The van der Waals surface area contributed by atoms with E-state index in [9.17, 15) is 18.0 Å². The van der Waals surface area contributed by atoms with Crippen molar-refractivity contribution < 1.29 is 27.8 Å². The zero-order valence-corrected chi connectivity index (χ0v) is 8.91. The fraction of sp³-hybridized carbons (Fsp3) is 0.400. The number of carboxylic acid groups (broad SMARTS) is 1. The maximum Gasteiger partial charge on any atom is 0.433 e. The molecule has 0 aliphatic heterocycles. The molecule has 17 heavy (non-hydrogen) atoms. The minimum Gasteiger partial charge on any atom is -0.477 e. The molecule has 0 aliphatic rings. The standard InChI is InChI=1S/C10H10F3NO3/c1-2-5-17-8-6(9(15)16)3-4-7(14-8)10(11,12)13/h3-4H,2,5H2,1H3,(H,15,16). The number of hydrogen-bond donors (Lipinski definition) is 1. The largest absolute Gasteiger partial charge is 0.477 e. The lowest BCUT2D eigenvalue weighted by Crippen LogP contribution is -2.12. The van der Waals surface area contributed by atoms with Crippen molar-refractivity contribution in [3.63, 3.8) is 0 Å².